The van der Waals surface area contributed by atoms with Crippen LogP contribution in [0.25, 0.3) is 110 Å². The molecule has 3 heteroatoms. The van der Waals surface area contributed by atoms with Gasteiger partial charge >= 0.3 is 0 Å². The van der Waals surface area contributed by atoms with E-state index in [2.05, 4.69) is 229 Å². The summed E-state index contributed by atoms with van der Waals surface area (Å²) in [7, 11) is 0. The Morgan fingerprint density at radius 1 is 0.277 bits per heavy atom. The lowest BCUT2D eigenvalue weighted by Gasteiger charge is -2.27. The Bertz CT molecular complexity index is 3920. The third kappa shape index (κ3) is 6.12. The second kappa shape index (κ2) is 15.0. The Hall–Kier alpha value is -8.66. The summed E-state index contributed by atoms with van der Waals surface area (Å²) in [5, 5.41) is 9.23. The summed E-state index contributed by atoms with van der Waals surface area (Å²) >= 11 is 0. The Kier molecular flexibility index (Phi) is 8.53. The monoisotopic (exact) mass is 829 g/mol. The van der Waals surface area contributed by atoms with Gasteiger partial charge in [0, 0.05) is 44.2 Å². The summed E-state index contributed by atoms with van der Waals surface area (Å²) in [6.45, 7) is 0. The van der Waals surface area contributed by atoms with Crippen molar-refractivity contribution in [1.29, 1.82) is 0 Å². The van der Waals surface area contributed by atoms with Crippen molar-refractivity contribution in [3.63, 3.8) is 0 Å². The Labute approximate surface area is 375 Å². The smallest absolute Gasteiger partial charge is 0.145 e. The van der Waals surface area contributed by atoms with E-state index < -0.39 is 0 Å². The average Bonchev–Trinajstić information content (AvgIpc) is 3.97. The maximum Gasteiger partial charge on any atom is 0.145 e. The van der Waals surface area contributed by atoms with Crippen molar-refractivity contribution < 1.29 is 8.83 Å². The van der Waals surface area contributed by atoms with E-state index in [0.717, 1.165) is 94.3 Å². The zero-order valence-electron chi connectivity index (χ0n) is 35.3. The fourth-order valence-electron chi connectivity index (χ4n) is 9.95. The molecule has 2 heterocycles. The van der Waals surface area contributed by atoms with Crippen molar-refractivity contribution >= 4 is 82.5 Å². The molecule has 0 bridgehead atoms. The van der Waals surface area contributed by atoms with Crippen molar-refractivity contribution in [2.75, 3.05) is 4.90 Å². The number of nitrogens with zero attached hydrogens (tertiary/aromatic N) is 1. The molecule has 0 saturated heterocycles. The van der Waals surface area contributed by atoms with Gasteiger partial charge in [0.15, 0.2) is 0 Å². The fraction of sp³-hybridized carbons (Fsp3) is 0. The number of furan rings is 2. The molecule has 65 heavy (non-hydrogen) atoms. The first-order chi connectivity index (χ1) is 32.2. The Morgan fingerprint density at radius 2 is 0.785 bits per heavy atom. The molecule has 13 aromatic rings. The molecule has 0 spiro atoms. The van der Waals surface area contributed by atoms with Gasteiger partial charge in [-0.05, 0) is 91.8 Å². The highest BCUT2D eigenvalue weighted by molar-refractivity contribution is 6.18. The third-order valence-electron chi connectivity index (χ3n) is 13.1. The van der Waals surface area contributed by atoms with Gasteiger partial charge in [0.25, 0.3) is 0 Å². The lowest BCUT2D eigenvalue weighted by molar-refractivity contribution is 0.670. The van der Waals surface area contributed by atoms with E-state index in [1.165, 1.54) is 32.7 Å². The van der Waals surface area contributed by atoms with Crippen LogP contribution in [0.4, 0.5) is 17.1 Å². The standard InChI is InChI=1S/C62H39NO2/c1-3-13-40(14-4-1)41-25-27-44(28-26-41)53-37-38-57(59-56-19-9-10-24-58(56)64-62(53)59)63(48-35-36-50-46(39-48)30-29-43-17-7-8-18-49(43)50)47-33-31-45(32-34-47)52-21-12-23-55-54-22-11-20-51(60(54)65-61(52)55)42-15-5-2-6-16-42/h1-39H. The molecule has 3 nitrogen and oxygen atoms in total. The van der Waals surface area contributed by atoms with E-state index in [9.17, 15) is 0 Å². The summed E-state index contributed by atoms with van der Waals surface area (Å²) < 4.78 is 13.7. The predicted octanol–water partition coefficient (Wildman–Crippen LogP) is 17.9. The van der Waals surface area contributed by atoms with Crippen LogP contribution in [-0.2, 0) is 0 Å². The second-order valence-corrected chi connectivity index (χ2v) is 16.8. The minimum absolute atomic E-state index is 0.853. The fourth-order valence-corrected chi connectivity index (χ4v) is 9.95. The molecule has 0 N–H and O–H groups in total. The molecule has 2 aromatic heterocycles. The molecule has 0 atom stereocenters. The van der Waals surface area contributed by atoms with Crippen LogP contribution in [-0.4, -0.2) is 0 Å². The summed E-state index contributed by atoms with van der Waals surface area (Å²) in [6.07, 6.45) is 0. The summed E-state index contributed by atoms with van der Waals surface area (Å²) in [4.78, 5) is 2.39. The van der Waals surface area contributed by atoms with E-state index in [1.807, 2.05) is 12.1 Å². The molecule has 11 aromatic carbocycles. The van der Waals surface area contributed by atoms with Crippen molar-refractivity contribution in [1.82, 2.24) is 0 Å². The molecular formula is C62H39NO2. The molecule has 13 rings (SSSR count). The van der Waals surface area contributed by atoms with Crippen LogP contribution in [0.2, 0.25) is 0 Å². The van der Waals surface area contributed by atoms with Crippen LogP contribution in [0.1, 0.15) is 0 Å². The van der Waals surface area contributed by atoms with Crippen molar-refractivity contribution in [2.24, 2.45) is 0 Å². The van der Waals surface area contributed by atoms with E-state index >= 15 is 0 Å². The number of anilines is 3. The number of para-hydroxylation sites is 3. The Morgan fingerprint density at radius 3 is 1.51 bits per heavy atom. The summed E-state index contributed by atoms with van der Waals surface area (Å²) in [6, 6.07) is 84.5. The van der Waals surface area contributed by atoms with Crippen LogP contribution >= 0.6 is 0 Å². The molecule has 304 valence electrons. The number of fused-ring (bicyclic) bond motifs is 9. The maximum absolute atomic E-state index is 6.88. The van der Waals surface area contributed by atoms with Crippen LogP contribution in [0.5, 0.6) is 0 Å². The minimum atomic E-state index is 0.853. The highest BCUT2D eigenvalue weighted by Crippen LogP contribution is 2.48. The number of benzene rings is 11. The van der Waals surface area contributed by atoms with Crippen LogP contribution < -0.4 is 4.90 Å². The Balaban J connectivity index is 0.987. The summed E-state index contributed by atoms with van der Waals surface area (Å²) in [5.41, 5.74) is 15.5. The maximum atomic E-state index is 6.88. The first kappa shape index (κ1) is 36.9. The SMILES string of the molecule is c1ccc(-c2ccc(-c3ccc(N(c4ccc(-c5cccc6c5oc5c(-c7ccccc7)cccc56)cc4)c4ccc5c(ccc6ccccc65)c4)c4c3oc3ccccc34)cc2)cc1. The topological polar surface area (TPSA) is 29.5 Å². The van der Waals surface area contributed by atoms with Crippen molar-refractivity contribution in [2.45, 2.75) is 0 Å². The molecule has 0 fully saturated rings. The molecular weight excluding hydrogens is 791 g/mol. The molecule has 0 amide bonds. The van der Waals surface area contributed by atoms with Crippen LogP contribution in [0, 0.1) is 0 Å². The lowest BCUT2D eigenvalue weighted by atomic mass is 9.97. The van der Waals surface area contributed by atoms with Crippen molar-refractivity contribution in [3.05, 3.63) is 237 Å². The van der Waals surface area contributed by atoms with E-state index in [4.69, 9.17) is 8.83 Å². The first-order valence-electron chi connectivity index (χ1n) is 22.2. The lowest BCUT2D eigenvalue weighted by Crippen LogP contribution is -2.10. The van der Waals surface area contributed by atoms with Gasteiger partial charge in [-0.15, -0.1) is 0 Å². The van der Waals surface area contributed by atoms with Gasteiger partial charge < -0.3 is 13.7 Å². The van der Waals surface area contributed by atoms with Gasteiger partial charge in [0.2, 0.25) is 0 Å². The van der Waals surface area contributed by atoms with E-state index in [0.29, 0.717) is 0 Å². The van der Waals surface area contributed by atoms with Gasteiger partial charge in [0.1, 0.15) is 22.3 Å². The number of rotatable bonds is 7. The summed E-state index contributed by atoms with van der Waals surface area (Å²) in [5.74, 6) is 0. The predicted molar refractivity (Wildman–Crippen MR) is 272 cm³/mol. The van der Waals surface area contributed by atoms with Gasteiger partial charge in [-0.3, -0.25) is 0 Å². The largest absolute Gasteiger partial charge is 0.455 e. The highest BCUT2D eigenvalue weighted by atomic mass is 16.3. The van der Waals surface area contributed by atoms with Gasteiger partial charge in [-0.2, -0.15) is 0 Å². The van der Waals surface area contributed by atoms with E-state index in [1.54, 1.807) is 0 Å². The quantitative estimate of drug-likeness (QED) is 0.150. The number of hydrogen-bond donors (Lipinski definition) is 0. The van der Waals surface area contributed by atoms with Crippen molar-refractivity contribution in [3.8, 4) is 44.5 Å². The van der Waals surface area contributed by atoms with E-state index in [-0.39, 0.29) is 0 Å². The highest BCUT2D eigenvalue weighted by Gasteiger charge is 2.23. The van der Waals surface area contributed by atoms with Gasteiger partial charge in [-0.25, -0.2) is 0 Å². The molecule has 0 aliphatic heterocycles. The zero-order valence-corrected chi connectivity index (χ0v) is 35.3. The average molecular weight is 830 g/mol. The number of hydrogen-bond acceptors (Lipinski definition) is 3. The molecule has 0 radical (unpaired) electrons. The van der Waals surface area contributed by atoms with Gasteiger partial charge in [-0.1, -0.05) is 194 Å². The molecule has 0 unspecified atom stereocenters. The second-order valence-electron chi connectivity index (χ2n) is 16.8. The zero-order chi connectivity index (χ0) is 42.8. The third-order valence-corrected chi connectivity index (χ3v) is 13.1. The van der Waals surface area contributed by atoms with Gasteiger partial charge in [0.05, 0.1) is 11.1 Å². The minimum Gasteiger partial charge on any atom is -0.455 e. The molecule has 0 aliphatic rings. The normalized spacial score (nSPS) is 11.7. The van der Waals surface area contributed by atoms with Crippen LogP contribution in [0.15, 0.2) is 245 Å². The molecule has 0 aliphatic carbocycles. The first-order valence-corrected chi connectivity index (χ1v) is 22.2. The molecule has 0 saturated carbocycles. The van der Waals surface area contributed by atoms with Crippen LogP contribution in [0.3, 0.4) is 0 Å².